The Morgan fingerprint density at radius 2 is 1.64 bits per heavy atom. The van der Waals surface area contributed by atoms with Gasteiger partial charge in [0.1, 0.15) is 12.2 Å². The summed E-state index contributed by atoms with van der Waals surface area (Å²) in [4.78, 5) is 0. The Hall–Kier alpha value is -0.600. The van der Waals surface area contributed by atoms with Gasteiger partial charge >= 0.3 is 0 Å². The fourth-order valence-electron chi connectivity index (χ4n) is 9.57. The molecule has 4 nitrogen and oxygen atoms in total. The van der Waals surface area contributed by atoms with E-state index in [9.17, 15) is 20.4 Å². The van der Waals surface area contributed by atoms with Crippen LogP contribution in [0.25, 0.3) is 0 Å². The molecule has 0 saturated heterocycles. The van der Waals surface area contributed by atoms with Crippen molar-refractivity contribution >= 4 is 0 Å². The largest absolute Gasteiger partial charge is 0.393 e. The van der Waals surface area contributed by atoms with Crippen molar-refractivity contribution in [1.82, 2.24) is 0 Å². The van der Waals surface area contributed by atoms with E-state index >= 15 is 0 Å². The first-order valence-electron chi connectivity index (χ1n) is 11.4. The smallest absolute Gasteiger partial charge is 0.134 e. The lowest BCUT2D eigenvalue weighted by molar-refractivity contribution is -0.233. The lowest BCUT2D eigenvalue weighted by Crippen LogP contribution is -2.65. The lowest BCUT2D eigenvalue weighted by atomic mass is 9.42. The van der Waals surface area contributed by atoms with Gasteiger partial charge in [-0.05, 0) is 79.4 Å². The van der Waals surface area contributed by atoms with Gasteiger partial charge in [-0.15, -0.1) is 0 Å². The van der Waals surface area contributed by atoms with Crippen LogP contribution in [0.15, 0.2) is 0 Å². The zero-order chi connectivity index (χ0) is 19.7. The van der Waals surface area contributed by atoms with Crippen molar-refractivity contribution in [2.75, 3.05) is 6.61 Å². The van der Waals surface area contributed by atoms with Gasteiger partial charge < -0.3 is 20.4 Å². The van der Waals surface area contributed by atoms with Crippen molar-refractivity contribution in [3.05, 3.63) is 0 Å². The summed E-state index contributed by atoms with van der Waals surface area (Å²) >= 11 is 0. The van der Waals surface area contributed by atoms with Crippen molar-refractivity contribution in [3.63, 3.8) is 0 Å². The van der Waals surface area contributed by atoms with Crippen molar-refractivity contribution < 1.29 is 20.4 Å². The van der Waals surface area contributed by atoms with E-state index in [0.29, 0.717) is 41.9 Å². The minimum absolute atomic E-state index is 0.113. The Labute approximate surface area is 167 Å². The summed E-state index contributed by atoms with van der Waals surface area (Å²) in [5.74, 6) is 9.14. The summed E-state index contributed by atoms with van der Waals surface area (Å²) in [6.07, 6.45) is 6.06. The van der Waals surface area contributed by atoms with Crippen LogP contribution >= 0.6 is 0 Å². The molecule has 6 rings (SSSR count). The van der Waals surface area contributed by atoms with Gasteiger partial charge in [0.25, 0.3) is 0 Å². The minimum atomic E-state index is -0.960. The summed E-state index contributed by atoms with van der Waals surface area (Å²) in [5, 5.41) is 43.1. The first-order chi connectivity index (χ1) is 13.2. The highest BCUT2D eigenvalue weighted by Crippen LogP contribution is 2.81. The van der Waals surface area contributed by atoms with Crippen LogP contribution < -0.4 is 0 Å². The molecule has 4 heteroatoms. The van der Waals surface area contributed by atoms with E-state index < -0.39 is 11.2 Å². The molecule has 12 atom stereocenters. The van der Waals surface area contributed by atoms with E-state index in [-0.39, 0.29) is 29.5 Å². The van der Waals surface area contributed by atoms with E-state index in [2.05, 4.69) is 25.7 Å². The van der Waals surface area contributed by atoms with E-state index in [1.54, 1.807) is 0 Å². The molecule has 0 heterocycles. The van der Waals surface area contributed by atoms with E-state index in [4.69, 9.17) is 0 Å². The van der Waals surface area contributed by atoms with Crippen LogP contribution in [0.4, 0.5) is 0 Å². The van der Waals surface area contributed by atoms with Crippen LogP contribution in [0.3, 0.4) is 0 Å². The Balaban J connectivity index is 1.42. The molecular formula is C24H34O4. The van der Waals surface area contributed by atoms with Crippen LogP contribution in [0.1, 0.15) is 58.8 Å². The molecule has 6 aliphatic rings. The molecule has 0 radical (unpaired) electrons. The molecular weight excluding hydrogens is 352 g/mol. The maximum absolute atomic E-state index is 11.8. The maximum atomic E-state index is 11.8. The van der Waals surface area contributed by atoms with Gasteiger partial charge in [0, 0.05) is 17.8 Å². The molecule has 4 N–H and O–H groups in total. The lowest BCUT2D eigenvalue weighted by Gasteiger charge is -2.64. The molecule has 0 aromatic heterocycles. The fraction of sp³-hybridized carbons (Fsp3) is 0.917. The molecule has 6 aliphatic carbocycles. The first kappa shape index (κ1) is 18.2. The Bertz CT molecular complexity index is 785. The van der Waals surface area contributed by atoms with Gasteiger partial charge in [0.15, 0.2) is 0 Å². The Kier molecular flexibility index (Phi) is 3.36. The second kappa shape index (κ2) is 5.17. The van der Waals surface area contributed by atoms with Gasteiger partial charge in [-0.3, -0.25) is 0 Å². The summed E-state index contributed by atoms with van der Waals surface area (Å²) in [7, 11) is 0. The zero-order valence-electron chi connectivity index (χ0n) is 17.1. The predicted molar refractivity (Wildman–Crippen MR) is 104 cm³/mol. The monoisotopic (exact) mass is 386 g/mol. The highest BCUT2D eigenvalue weighted by Gasteiger charge is 2.81. The predicted octanol–water partition coefficient (Wildman–Crippen LogP) is 1.94. The van der Waals surface area contributed by atoms with Gasteiger partial charge in [0.05, 0.1) is 11.7 Å². The van der Waals surface area contributed by atoms with Crippen LogP contribution in [-0.4, -0.2) is 44.3 Å². The maximum Gasteiger partial charge on any atom is 0.134 e. The van der Waals surface area contributed by atoms with Crippen LogP contribution in [0.2, 0.25) is 0 Å². The summed E-state index contributed by atoms with van der Waals surface area (Å²) in [5.41, 5.74) is -1.98. The number of rotatable bonds is 0. The van der Waals surface area contributed by atoms with Gasteiger partial charge in [-0.25, -0.2) is 0 Å². The summed E-state index contributed by atoms with van der Waals surface area (Å²) in [6.45, 7) is 4.38. The quantitative estimate of drug-likeness (QED) is 0.480. The Morgan fingerprint density at radius 3 is 2.39 bits per heavy atom. The fourth-order valence-corrected chi connectivity index (χ4v) is 9.57. The zero-order valence-corrected chi connectivity index (χ0v) is 17.1. The average molecular weight is 387 g/mol. The van der Waals surface area contributed by atoms with E-state index in [0.717, 1.165) is 38.5 Å². The second-order valence-corrected chi connectivity index (χ2v) is 11.6. The standard InChI is InChI=1S/C24H34O4/c1-21-7-4-13(26)12-24(21,28)17-10-14(17)19-16(21)5-8-22(2)20(19)15-11-18(15)23(22,27)6-3-9-25/h13-20,25-28H,4-5,7-12H2,1-2H3/t13-,14-,15+,16-,17+,18-,19+,20-,21+,22-,23-,24+/m0/s1. The SMILES string of the molecule is C[C@]12CC[C@H]3[C@@H]([C@H]4C[C@H]4[C@]4(O)C[C@@H](O)CC[C@]34C)[C@@H]1[C@@H]1C[C@@H]1[C@@]2(O)C#CCO. The second-order valence-electron chi connectivity index (χ2n) is 11.6. The van der Waals surface area contributed by atoms with Crippen molar-refractivity contribution in [1.29, 1.82) is 0 Å². The molecule has 6 saturated carbocycles. The van der Waals surface area contributed by atoms with Gasteiger partial charge in [0.2, 0.25) is 0 Å². The highest BCUT2D eigenvalue weighted by molar-refractivity contribution is 5.36. The highest BCUT2D eigenvalue weighted by atomic mass is 16.3. The van der Waals surface area contributed by atoms with E-state index in [1.807, 2.05) is 0 Å². The molecule has 6 fully saturated rings. The minimum Gasteiger partial charge on any atom is -0.393 e. The topological polar surface area (TPSA) is 80.9 Å². The molecule has 0 unspecified atom stereocenters. The third-order valence-electron chi connectivity index (χ3n) is 11.0. The number of aliphatic hydroxyl groups is 4. The van der Waals surface area contributed by atoms with Gasteiger partial charge in [-0.1, -0.05) is 25.7 Å². The molecule has 28 heavy (non-hydrogen) atoms. The molecule has 0 aromatic rings. The van der Waals surface area contributed by atoms with Crippen molar-refractivity contribution in [3.8, 4) is 11.8 Å². The number of fused-ring (bicyclic) bond motifs is 10. The molecule has 0 aromatic carbocycles. The number of hydrogen-bond donors (Lipinski definition) is 4. The number of aliphatic hydroxyl groups excluding tert-OH is 2. The summed E-state index contributed by atoms with van der Waals surface area (Å²) < 4.78 is 0. The normalized spacial score (nSPS) is 65.6. The molecule has 0 amide bonds. The molecule has 0 bridgehead atoms. The molecule has 0 spiro atoms. The van der Waals surface area contributed by atoms with Crippen LogP contribution in [0, 0.1) is 64.1 Å². The van der Waals surface area contributed by atoms with Crippen LogP contribution in [-0.2, 0) is 0 Å². The third-order valence-corrected chi connectivity index (χ3v) is 11.0. The van der Waals surface area contributed by atoms with Crippen molar-refractivity contribution in [2.24, 2.45) is 52.3 Å². The Morgan fingerprint density at radius 1 is 0.929 bits per heavy atom. The average Bonchev–Trinajstić information content (AvgIpc) is 3.54. The van der Waals surface area contributed by atoms with Gasteiger partial charge in [-0.2, -0.15) is 0 Å². The number of hydrogen-bond acceptors (Lipinski definition) is 4. The summed E-state index contributed by atoms with van der Waals surface area (Å²) in [6, 6.07) is 0. The molecule has 154 valence electrons. The third kappa shape index (κ3) is 1.81. The first-order valence-corrected chi connectivity index (χ1v) is 11.4. The van der Waals surface area contributed by atoms with Crippen LogP contribution in [0.5, 0.6) is 0 Å². The molecule has 0 aliphatic heterocycles. The van der Waals surface area contributed by atoms with Crippen molar-refractivity contribution in [2.45, 2.75) is 76.1 Å². The van der Waals surface area contributed by atoms with E-state index in [1.165, 1.54) is 0 Å².